The van der Waals surface area contributed by atoms with Gasteiger partial charge in [-0.2, -0.15) is 0 Å². The molecule has 0 bridgehead atoms. The average molecular weight is 432 g/mol. The molecule has 4 aliphatic carbocycles. The molecule has 4 atom stereocenters. The molecule has 0 spiro atoms. The van der Waals surface area contributed by atoms with Crippen LogP contribution in [0.5, 0.6) is 0 Å². The summed E-state index contributed by atoms with van der Waals surface area (Å²) in [6, 6.07) is 9.19. The molecule has 3 nitrogen and oxygen atoms in total. The Balaban J connectivity index is 1.63. The molecule has 0 aliphatic heterocycles. The Morgan fingerprint density at radius 1 is 1.09 bits per heavy atom. The van der Waals surface area contributed by atoms with Crippen LogP contribution in [0.25, 0.3) is 0 Å². The van der Waals surface area contributed by atoms with Crippen LogP contribution in [0.1, 0.15) is 69.8 Å². The van der Waals surface area contributed by atoms with Gasteiger partial charge in [0.15, 0.2) is 5.78 Å². The van der Waals surface area contributed by atoms with Gasteiger partial charge in [-0.15, -0.1) is 0 Å². The van der Waals surface area contributed by atoms with Crippen molar-refractivity contribution in [3.05, 3.63) is 64.3 Å². The maximum Gasteiger partial charge on any atom is 0.156 e. The largest absolute Gasteiger partial charge is 0.396 e. The summed E-state index contributed by atoms with van der Waals surface area (Å²) in [5.74, 6) is 2.03. The summed E-state index contributed by atoms with van der Waals surface area (Å²) in [5.41, 5.74) is 8.97. The van der Waals surface area contributed by atoms with E-state index in [-0.39, 0.29) is 12.0 Å². The lowest BCUT2D eigenvalue weighted by Gasteiger charge is -2.51. The number of carbonyl (C=O) groups excluding carboxylic acids is 1. The Morgan fingerprint density at radius 2 is 1.88 bits per heavy atom. The van der Waals surface area contributed by atoms with Crippen molar-refractivity contribution in [2.24, 2.45) is 17.3 Å². The van der Waals surface area contributed by atoms with E-state index in [0.29, 0.717) is 30.0 Å². The second-order valence-electron chi connectivity index (χ2n) is 10.8. The van der Waals surface area contributed by atoms with Gasteiger partial charge in [-0.25, -0.2) is 0 Å². The molecule has 0 radical (unpaired) electrons. The minimum atomic E-state index is 0.209. The zero-order valence-corrected chi connectivity index (χ0v) is 19.9. The number of aliphatic hydroxyl groups is 1. The van der Waals surface area contributed by atoms with Crippen LogP contribution in [-0.2, 0) is 4.79 Å². The van der Waals surface area contributed by atoms with E-state index in [2.05, 4.69) is 56.3 Å². The van der Waals surface area contributed by atoms with Gasteiger partial charge in [0.2, 0.25) is 0 Å². The molecule has 2 saturated carbocycles. The number of anilines is 1. The Kier molecular flexibility index (Phi) is 5.65. The van der Waals surface area contributed by atoms with Gasteiger partial charge in [-0.3, -0.25) is 4.79 Å². The highest BCUT2D eigenvalue weighted by molar-refractivity contribution is 5.93. The number of aliphatic hydroxyl groups excluding tert-OH is 1. The zero-order chi connectivity index (χ0) is 22.5. The summed E-state index contributed by atoms with van der Waals surface area (Å²) in [6.07, 6.45) is 12.5. The van der Waals surface area contributed by atoms with Gasteiger partial charge in [-0.05, 0) is 97.1 Å². The van der Waals surface area contributed by atoms with Crippen LogP contribution < -0.4 is 4.90 Å². The molecule has 3 heteroatoms. The third kappa shape index (κ3) is 3.50. The fraction of sp³-hybridized carbons (Fsp3) is 0.552. The third-order valence-corrected chi connectivity index (χ3v) is 8.91. The van der Waals surface area contributed by atoms with E-state index in [4.69, 9.17) is 0 Å². The number of ketones is 1. The van der Waals surface area contributed by atoms with Crippen molar-refractivity contribution >= 4 is 11.5 Å². The van der Waals surface area contributed by atoms with Crippen LogP contribution in [0.2, 0.25) is 0 Å². The fourth-order valence-corrected chi connectivity index (χ4v) is 7.38. The second-order valence-corrected chi connectivity index (χ2v) is 10.8. The first-order valence-corrected chi connectivity index (χ1v) is 12.5. The first-order chi connectivity index (χ1) is 15.4. The van der Waals surface area contributed by atoms with E-state index in [0.717, 1.165) is 25.7 Å². The Hall–Kier alpha value is -2.13. The Morgan fingerprint density at radius 3 is 2.59 bits per heavy atom. The molecule has 170 valence electrons. The number of rotatable bonds is 4. The molecule has 0 aromatic heterocycles. The number of hydrogen-bond donors (Lipinski definition) is 1. The van der Waals surface area contributed by atoms with E-state index in [1.165, 1.54) is 41.7 Å². The molecule has 32 heavy (non-hydrogen) atoms. The minimum absolute atomic E-state index is 0.209. The molecule has 0 amide bonds. The molecule has 2 fully saturated rings. The predicted molar refractivity (Wildman–Crippen MR) is 131 cm³/mol. The topological polar surface area (TPSA) is 40.5 Å². The number of nitrogens with zero attached hydrogens (tertiary/aromatic N) is 1. The van der Waals surface area contributed by atoms with E-state index in [1.54, 1.807) is 11.1 Å². The molecule has 1 aromatic rings. The lowest BCUT2D eigenvalue weighted by Crippen LogP contribution is -2.41. The van der Waals surface area contributed by atoms with Crippen molar-refractivity contribution in [2.75, 3.05) is 25.6 Å². The third-order valence-electron chi connectivity index (χ3n) is 8.91. The summed E-state index contributed by atoms with van der Waals surface area (Å²) >= 11 is 0. The van der Waals surface area contributed by atoms with Crippen molar-refractivity contribution in [3.8, 4) is 0 Å². The lowest BCUT2D eigenvalue weighted by atomic mass is 9.53. The number of hydrogen-bond acceptors (Lipinski definition) is 3. The van der Waals surface area contributed by atoms with E-state index >= 15 is 0 Å². The van der Waals surface area contributed by atoms with Crippen molar-refractivity contribution < 1.29 is 9.90 Å². The second kappa shape index (κ2) is 8.33. The lowest BCUT2D eigenvalue weighted by molar-refractivity contribution is -0.114. The van der Waals surface area contributed by atoms with Crippen molar-refractivity contribution in [1.82, 2.24) is 0 Å². The van der Waals surface area contributed by atoms with Gasteiger partial charge >= 0.3 is 0 Å². The van der Waals surface area contributed by atoms with Gasteiger partial charge in [0.25, 0.3) is 0 Å². The standard InChI is InChI=1S/C29H37NO2/c1-29-18-26(19-6-10-22(11-7-19)30(2)3)28-24-14-12-23(32)17-20(24)8-13-25(28)27(29)15-9-21(29)5-4-16-31/h5-7,10-11,17,25-27,31H,4,8-9,12-16,18H2,1-3H3/t25-,26+,27+,29+/m0/s1. The smallest absolute Gasteiger partial charge is 0.156 e. The molecule has 0 unspecified atom stereocenters. The van der Waals surface area contributed by atoms with Gasteiger partial charge < -0.3 is 10.0 Å². The average Bonchev–Trinajstić information content (AvgIpc) is 3.12. The van der Waals surface area contributed by atoms with Crippen LogP contribution >= 0.6 is 0 Å². The molecule has 4 aliphatic rings. The summed E-state index contributed by atoms with van der Waals surface area (Å²) in [4.78, 5) is 14.3. The fourth-order valence-electron chi connectivity index (χ4n) is 7.38. The first-order valence-electron chi connectivity index (χ1n) is 12.5. The van der Waals surface area contributed by atoms with Gasteiger partial charge in [0.1, 0.15) is 0 Å². The summed E-state index contributed by atoms with van der Waals surface area (Å²) in [7, 11) is 4.19. The predicted octanol–water partition coefficient (Wildman–Crippen LogP) is 5.96. The maximum absolute atomic E-state index is 12.2. The van der Waals surface area contributed by atoms with Crippen LogP contribution in [0, 0.1) is 17.3 Å². The Labute approximate surface area is 192 Å². The minimum Gasteiger partial charge on any atom is -0.396 e. The maximum atomic E-state index is 12.2. The number of benzene rings is 1. The monoisotopic (exact) mass is 431 g/mol. The normalized spacial score (nSPS) is 33.0. The van der Waals surface area contributed by atoms with Crippen molar-refractivity contribution in [1.29, 1.82) is 0 Å². The zero-order valence-electron chi connectivity index (χ0n) is 19.9. The van der Waals surface area contributed by atoms with Crippen LogP contribution in [0.4, 0.5) is 5.69 Å². The molecule has 0 heterocycles. The van der Waals surface area contributed by atoms with Crippen molar-refractivity contribution in [3.63, 3.8) is 0 Å². The first kappa shape index (κ1) is 21.7. The molecule has 1 aromatic carbocycles. The quantitative estimate of drug-likeness (QED) is 0.598. The van der Waals surface area contributed by atoms with E-state index in [9.17, 15) is 9.90 Å². The molecule has 1 N–H and O–H groups in total. The highest BCUT2D eigenvalue weighted by Gasteiger charge is 2.54. The number of fused-ring (bicyclic) bond motifs is 4. The summed E-state index contributed by atoms with van der Waals surface area (Å²) < 4.78 is 0. The van der Waals surface area contributed by atoms with E-state index in [1.807, 2.05) is 6.08 Å². The van der Waals surface area contributed by atoms with Gasteiger partial charge in [-0.1, -0.05) is 36.3 Å². The number of carbonyl (C=O) groups is 1. The van der Waals surface area contributed by atoms with Crippen LogP contribution in [0.15, 0.2) is 58.7 Å². The Bertz CT molecular complexity index is 996. The summed E-state index contributed by atoms with van der Waals surface area (Å²) in [6.45, 7) is 2.74. The van der Waals surface area contributed by atoms with E-state index < -0.39 is 0 Å². The highest BCUT2D eigenvalue weighted by atomic mass is 16.2. The molecule has 0 saturated heterocycles. The molecule has 5 rings (SSSR count). The van der Waals surface area contributed by atoms with Gasteiger partial charge in [0.05, 0.1) is 0 Å². The van der Waals surface area contributed by atoms with Gasteiger partial charge in [0, 0.05) is 38.7 Å². The molecular weight excluding hydrogens is 394 g/mol. The SMILES string of the molecule is CN(C)c1ccc([C@H]2C[C@]3(C)C(=CCCO)CC[C@@H]3[C@@H]3CCC4=CC(=O)CCC4=C32)cc1. The van der Waals surface area contributed by atoms with Crippen LogP contribution in [-0.4, -0.2) is 31.6 Å². The highest BCUT2D eigenvalue weighted by Crippen LogP contribution is 2.65. The van der Waals surface area contributed by atoms with Crippen molar-refractivity contribution in [2.45, 2.75) is 64.2 Å². The number of allylic oxidation sites excluding steroid dienone is 5. The van der Waals surface area contributed by atoms with Crippen LogP contribution in [0.3, 0.4) is 0 Å². The summed E-state index contributed by atoms with van der Waals surface area (Å²) in [5, 5.41) is 9.46. The molecular formula is C29H37NO2.